The van der Waals surface area contributed by atoms with Gasteiger partial charge < -0.3 is 19.9 Å². The van der Waals surface area contributed by atoms with Crippen LogP contribution in [0.15, 0.2) is 54.2 Å². The number of methoxy groups -OCH3 is 1. The summed E-state index contributed by atoms with van der Waals surface area (Å²) in [6.07, 6.45) is 1.66. The molecule has 0 aromatic heterocycles. The third-order valence-corrected chi connectivity index (χ3v) is 5.26. The third-order valence-electron chi connectivity index (χ3n) is 5.26. The predicted octanol–water partition coefficient (Wildman–Crippen LogP) is 3.48. The van der Waals surface area contributed by atoms with Crippen LogP contribution < -0.4 is 15.0 Å². The van der Waals surface area contributed by atoms with Crippen LogP contribution in [0.1, 0.15) is 11.1 Å². The highest BCUT2D eigenvalue weighted by Crippen LogP contribution is 2.25. The summed E-state index contributed by atoms with van der Waals surface area (Å²) in [6.45, 7) is 7.45. The van der Waals surface area contributed by atoms with E-state index in [9.17, 15) is 10.1 Å². The van der Waals surface area contributed by atoms with Gasteiger partial charge >= 0.3 is 0 Å². The Morgan fingerprint density at radius 3 is 2.52 bits per heavy atom. The predicted molar refractivity (Wildman–Crippen MR) is 115 cm³/mol. The lowest BCUT2D eigenvalue weighted by Crippen LogP contribution is -2.44. The minimum Gasteiger partial charge on any atom is -0.495 e. The van der Waals surface area contributed by atoms with Crippen LogP contribution in [0.3, 0.4) is 0 Å². The summed E-state index contributed by atoms with van der Waals surface area (Å²) in [5, 5.41) is 12.2. The lowest BCUT2D eigenvalue weighted by Gasteiger charge is -2.36. The first kappa shape index (κ1) is 20.3. The van der Waals surface area contributed by atoms with E-state index in [1.165, 1.54) is 16.8 Å². The van der Waals surface area contributed by atoms with Crippen molar-refractivity contribution in [2.75, 3.05) is 43.5 Å². The number of para-hydroxylation sites is 2. The Morgan fingerprint density at radius 1 is 1.10 bits per heavy atom. The normalized spacial score (nSPS) is 14.3. The number of hydrogen-bond acceptors (Lipinski definition) is 5. The molecule has 1 saturated heterocycles. The Labute approximate surface area is 172 Å². The van der Waals surface area contributed by atoms with E-state index in [0.717, 1.165) is 26.2 Å². The molecule has 1 aliphatic rings. The van der Waals surface area contributed by atoms with Crippen molar-refractivity contribution in [2.24, 2.45) is 0 Å². The fraction of sp³-hybridized carbons (Fsp3) is 0.304. The maximum Gasteiger partial charge on any atom is 0.267 e. The lowest BCUT2D eigenvalue weighted by molar-refractivity contribution is -0.112. The molecule has 0 unspecified atom stereocenters. The van der Waals surface area contributed by atoms with Crippen molar-refractivity contribution in [1.82, 2.24) is 4.90 Å². The summed E-state index contributed by atoms with van der Waals surface area (Å²) < 4.78 is 5.25. The molecule has 29 heavy (non-hydrogen) atoms. The number of anilines is 2. The maximum atomic E-state index is 12.6. The fourth-order valence-corrected chi connectivity index (χ4v) is 3.43. The molecule has 1 heterocycles. The van der Waals surface area contributed by atoms with Gasteiger partial charge in [0.1, 0.15) is 17.4 Å². The van der Waals surface area contributed by atoms with Crippen molar-refractivity contribution < 1.29 is 9.53 Å². The molecular formula is C23H26N4O2. The largest absolute Gasteiger partial charge is 0.495 e. The lowest BCUT2D eigenvalue weighted by atomic mass is 10.1. The van der Waals surface area contributed by atoms with Crippen molar-refractivity contribution in [3.05, 3.63) is 65.4 Å². The van der Waals surface area contributed by atoms with Gasteiger partial charge in [0.2, 0.25) is 0 Å². The second kappa shape index (κ2) is 9.16. The molecular weight excluding hydrogens is 364 g/mol. The van der Waals surface area contributed by atoms with E-state index in [1.54, 1.807) is 31.5 Å². The number of benzene rings is 2. The number of aryl methyl sites for hydroxylation is 1. The van der Waals surface area contributed by atoms with Crippen molar-refractivity contribution >= 4 is 17.3 Å². The summed E-state index contributed by atoms with van der Waals surface area (Å²) in [6, 6.07) is 15.5. The monoisotopic (exact) mass is 390 g/mol. The smallest absolute Gasteiger partial charge is 0.267 e. The van der Waals surface area contributed by atoms with Gasteiger partial charge in [-0.1, -0.05) is 24.3 Å². The summed E-state index contributed by atoms with van der Waals surface area (Å²) in [5.74, 6) is 0.120. The Hall–Kier alpha value is -3.46. The Bertz CT molecular complexity index is 954. The standard InChI is InChI=1S/C23H26N4O2/c1-17-7-6-9-21(18(17)2)27-13-11-26(12-14-27)16-19(15-24)23(28)25-20-8-4-5-10-22(20)29-3/h4-10,16H,11-14H2,1-3H3,(H,25,28)/b19-16-. The molecule has 150 valence electrons. The molecule has 0 aliphatic carbocycles. The number of ether oxygens (including phenoxy) is 1. The SMILES string of the molecule is COc1ccccc1NC(=O)/C(C#N)=C\N1CCN(c2cccc(C)c2C)CC1. The number of rotatable bonds is 5. The second-order valence-electron chi connectivity index (χ2n) is 7.05. The van der Waals surface area contributed by atoms with E-state index in [1.807, 2.05) is 17.0 Å². The molecule has 2 aromatic rings. The molecule has 1 aliphatic heterocycles. The molecule has 6 nitrogen and oxygen atoms in total. The van der Waals surface area contributed by atoms with Crippen LogP contribution in [0.4, 0.5) is 11.4 Å². The zero-order chi connectivity index (χ0) is 20.8. The number of carbonyl (C=O) groups excluding carboxylic acids is 1. The van der Waals surface area contributed by atoms with Crippen molar-refractivity contribution in [2.45, 2.75) is 13.8 Å². The van der Waals surface area contributed by atoms with Gasteiger partial charge in [0.25, 0.3) is 5.91 Å². The van der Waals surface area contributed by atoms with Gasteiger partial charge in [-0.2, -0.15) is 5.26 Å². The second-order valence-corrected chi connectivity index (χ2v) is 7.05. The Kier molecular flexibility index (Phi) is 6.40. The number of nitrogens with one attached hydrogen (secondary N) is 1. The molecule has 0 spiro atoms. The minimum absolute atomic E-state index is 0.0797. The van der Waals surface area contributed by atoms with Crippen molar-refractivity contribution in [3.63, 3.8) is 0 Å². The van der Waals surface area contributed by atoms with E-state index in [0.29, 0.717) is 11.4 Å². The summed E-state index contributed by atoms with van der Waals surface area (Å²) in [5.41, 5.74) is 4.45. The number of carbonyl (C=O) groups is 1. The van der Waals surface area contributed by atoms with Crippen LogP contribution in [0.25, 0.3) is 0 Å². The van der Waals surface area contributed by atoms with Crippen LogP contribution in [-0.4, -0.2) is 44.1 Å². The number of nitrogens with zero attached hydrogens (tertiary/aromatic N) is 3. The highest BCUT2D eigenvalue weighted by Gasteiger charge is 2.19. The molecule has 6 heteroatoms. The number of hydrogen-bond donors (Lipinski definition) is 1. The molecule has 0 radical (unpaired) electrons. The average Bonchev–Trinajstić information content (AvgIpc) is 2.75. The highest BCUT2D eigenvalue weighted by atomic mass is 16.5. The summed E-state index contributed by atoms with van der Waals surface area (Å²) >= 11 is 0. The van der Waals surface area contributed by atoms with Gasteiger partial charge in [0.05, 0.1) is 12.8 Å². The van der Waals surface area contributed by atoms with Crippen LogP contribution >= 0.6 is 0 Å². The molecule has 0 bridgehead atoms. The maximum absolute atomic E-state index is 12.6. The fourth-order valence-electron chi connectivity index (χ4n) is 3.43. The summed E-state index contributed by atoms with van der Waals surface area (Å²) in [7, 11) is 1.54. The van der Waals surface area contributed by atoms with Gasteiger partial charge in [-0.3, -0.25) is 4.79 Å². The van der Waals surface area contributed by atoms with Crippen LogP contribution in [0.2, 0.25) is 0 Å². The van der Waals surface area contributed by atoms with Gasteiger partial charge in [0.15, 0.2) is 0 Å². The van der Waals surface area contributed by atoms with E-state index in [4.69, 9.17) is 4.74 Å². The quantitative estimate of drug-likeness (QED) is 0.625. The van der Waals surface area contributed by atoms with E-state index in [-0.39, 0.29) is 5.57 Å². The molecule has 1 N–H and O–H groups in total. The Balaban J connectivity index is 1.65. The molecule has 3 rings (SSSR count). The zero-order valence-corrected chi connectivity index (χ0v) is 17.1. The van der Waals surface area contributed by atoms with Gasteiger partial charge in [-0.25, -0.2) is 0 Å². The molecule has 2 aromatic carbocycles. The minimum atomic E-state index is -0.436. The first-order valence-corrected chi connectivity index (χ1v) is 9.65. The van der Waals surface area contributed by atoms with Crippen molar-refractivity contribution in [1.29, 1.82) is 5.26 Å². The molecule has 1 amide bonds. The zero-order valence-electron chi connectivity index (χ0n) is 17.1. The third kappa shape index (κ3) is 4.69. The van der Waals surface area contributed by atoms with Crippen molar-refractivity contribution in [3.8, 4) is 11.8 Å². The van der Waals surface area contributed by atoms with Gasteiger partial charge in [-0.15, -0.1) is 0 Å². The first-order valence-electron chi connectivity index (χ1n) is 9.65. The number of piperazine rings is 1. The van der Waals surface area contributed by atoms with E-state index >= 15 is 0 Å². The highest BCUT2D eigenvalue weighted by molar-refractivity contribution is 6.07. The topological polar surface area (TPSA) is 68.6 Å². The summed E-state index contributed by atoms with van der Waals surface area (Å²) in [4.78, 5) is 16.9. The molecule has 0 saturated carbocycles. The van der Waals surface area contributed by atoms with E-state index < -0.39 is 5.91 Å². The first-order chi connectivity index (χ1) is 14.0. The van der Waals surface area contributed by atoms with Gasteiger partial charge in [0, 0.05) is 38.1 Å². The number of nitriles is 1. The molecule has 0 atom stereocenters. The average molecular weight is 390 g/mol. The Morgan fingerprint density at radius 2 is 1.83 bits per heavy atom. The van der Waals surface area contributed by atoms with Crippen LogP contribution in [-0.2, 0) is 4.79 Å². The molecule has 1 fully saturated rings. The van der Waals surface area contributed by atoms with E-state index in [2.05, 4.69) is 42.3 Å². The number of amides is 1. The van der Waals surface area contributed by atoms with Crippen LogP contribution in [0.5, 0.6) is 5.75 Å². The van der Waals surface area contributed by atoms with Crippen LogP contribution in [0, 0.1) is 25.2 Å². The van der Waals surface area contributed by atoms with Gasteiger partial charge in [-0.05, 0) is 43.2 Å².